The number of thioether (sulfide) groups is 2. The molecule has 0 saturated carbocycles. The Morgan fingerprint density at radius 3 is 3.21 bits per heavy atom. The SMILES string of the molecule is CC(=O)NC1=NC(C2CC=CS2)CS1. The Bertz CT molecular complexity index is 293. The molecule has 0 radical (unpaired) electrons. The normalized spacial score (nSPS) is 30.5. The molecule has 1 amide bonds. The highest BCUT2D eigenvalue weighted by molar-refractivity contribution is 8.14. The minimum atomic E-state index is -0.0332. The van der Waals surface area contributed by atoms with Gasteiger partial charge in [0.2, 0.25) is 5.91 Å². The van der Waals surface area contributed by atoms with Crippen LogP contribution >= 0.6 is 23.5 Å². The summed E-state index contributed by atoms with van der Waals surface area (Å²) in [4.78, 5) is 15.3. The molecule has 1 N–H and O–H groups in total. The molecule has 2 aliphatic rings. The van der Waals surface area contributed by atoms with Gasteiger partial charge >= 0.3 is 0 Å². The van der Waals surface area contributed by atoms with Gasteiger partial charge in [0.25, 0.3) is 0 Å². The van der Waals surface area contributed by atoms with Crippen LogP contribution in [-0.2, 0) is 4.79 Å². The average molecular weight is 228 g/mol. The second-order valence-electron chi connectivity index (χ2n) is 3.28. The molecule has 0 spiro atoms. The van der Waals surface area contributed by atoms with Crippen LogP contribution in [0.4, 0.5) is 0 Å². The van der Waals surface area contributed by atoms with E-state index in [2.05, 4.69) is 21.8 Å². The number of hydrogen-bond acceptors (Lipinski definition) is 4. The van der Waals surface area contributed by atoms with Crippen LogP contribution in [0.5, 0.6) is 0 Å². The van der Waals surface area contributed by atoms with Crippen LogP contribution in [0.15, 0.2) is 16.5 Å². The van der Waals surface area contributed by atoms with Crippen LogP contribution in [0.2, 0.25) is 0 Å². The van der Waals surface area contributed by atoms with E-state index in [0.29, 0.717) is 11.3 Å². The van der Waals surface area contributed by atoms with Gasteiger partial charge in [-0.1, -0.05) is 17.8 Å². The summed E-state index contributed by atoms with van der Waals surface area (Å²) in [7, 11) is 0. The molecule has 0 aromatic carbocycles. The van der Waals surface area contributed by atoms with Crippen molar-refractivity contribution >= 4 is 34.6 Å². The first-order valence-electron chi connectivity index (χ1n) is 4.54. The number of allylic oxidation sites excluding steroid dienone is 1. The van der Waals surface area contributed by atoms with Crippen molar-refractivity contribution in [2.24, 2.45) is 4.99 Å². The lowest BCUT2D eigenvalue weighted by Gasteiger charge is -2.12. The number of nitrogens with one attached hydrogen (secondary N) is 1. The molecule has 0 aliphatic carbocycles. The van der Waals surface area contributed by atoms with E-state index >= 15 is 0 Å². The first kappa shape index (κ1) is 10.1. The third-order valence-corrected chi connectivity index (χ3v) is 4.30. The Kier molecular flexibility index (Phi) is 3.18. The molecule has 14 heavy (non-hydrogen) atoms. The highest BCUT2D eigenvalue weighted by Crippen LogP contribution is 2.32. The van der Waals surface area contributed by atoms with Crippen molar-refractivity contribution in [2.75, 3.05) is 5.75 Å². The summed E-state index contributed by atoms with van der Waals surface area (Å²) < 4.78 is 0. The molecule has 0 saturated heterocycles. The zero-order valence-corrected chi connectivity index (χ0v) is 9.53. The largest absolute Gasteiger partial charge is 0.306 e. The van der Waals surface area contributed by atoms with Crippen LogP contribution in [0.3, 0.4) is 0 Å². The Morgan fingerprint density at radius 2 is 2.57 bits per heavy atom. The molecule has 2 atom stereocenters. The molecular formula is C9H12N2OS2. The standard InChI is InChI=1S/C9H12N2OS2/c1-6(12)10-9-11-7(5-14-9)8-3-2-4-13-8/h2,4,7-8H,3,5H2,1H3,(H,10,11,12). The number of amides is 1. The number of rotatable bonds is 1. The van der Waals surface area contributed by atoms with Gasteiger partial charge < -0.3 is 5.32 Å². The van der Waals surface area contributed by atoms with Gasteiger partial charge in [-0.3, -0.25) is 9.79 Å². The van der Waals surface area contributed by atoms with Gasteiger partial charge in [-0.25, -0.2) is 0 Å². The number of carbonyl (C=O) groups is 1. The minimum Gasteiger partial charge on any atom is -0.306 e. The van der Waals surface area contributed by atoms with Crippen molar-refractivity contribution in [1.82, 2.24) is 5.32 Å². The summed E-state index contributed by atoms with van der Waals surface area (Å²) in [6.45, 7) is 1.52. The highest BCUT2D eigenvalue weighted by atomic mass is 32.2. The number of nitrogens with zero attached hydrogens (tertiary/aromatic N) is 1. The molecule has 0 bridgehead atoms. The maximum Gasteiger partial charge on any atom is 0.222 e. The van der Waals surface area contributed by atoms with E-state index in [1.165, 1.54) is 6.92 Å². The van der Waals surface area contributed by atoms with Crippen LogP contribution in [-0.4, -0.2) is 28.1 Å². The summed E-state index contributed by atoms with van der Waals surface area (Å²) in [6, 6.07) is 0.363. The van der Waals surface area contributed by atoms with Gasteiger partial charge in [0, 0.05) is 17.9 Å². The molecule has 2 unspecified atom stereocenters. The van der Waals surface area contributed by atoms with Gasteiger partial charge in [-0.2, -0.15) is 0 Å². The maximum atomic E-state index is 10.8. The van der Waals surface area contributed by atoms with E-state index < -0.39 is 0 Å². The molecule has 5 heteroatoms. The predicted octanol–water partition coefficient (Wildman–Crippen LogP) is 1.61. The fraction of sp³-hybridized carbons (Fsp3) is 0.556. The Hall–Kier alpha value is -0.420. The Morgan fingerprint density at radius 1 is 1.71 bits per heavy atom. The van der Waals surface area contributed by atoms with Crippen molar-refractivity contribution in [3.63, 3.8) is 0 Å². The van der Waals surface area contributed by atoms with Crippen molar-refractivity contribution in [2.45, 2.75) is 24.6 Å². The lowest BCUT2D eigenvalue weighted by molar-refractivity contribution is -0.117. The molecule has 2 heterocycles. The molecule has 0 aromatic rings. The van der Waals surface area contributed by atoms with Gasteiger partial charge in [-0.05, 0) is 11.8 Å². The lowest BCUT2D eigenvalue weighted by Crippen LogP contribution is -2.24. The third kappa shape index (κ3) is 2.33. The first-order chi connectivity index (χ1) is 6.75. The summed E-state index contributed by atoms with van der Waals surface area (Å²) in [6.07, 6.45) is 3.29. The Balaban J connectivity index is 1.91. The topological polar surface area (TPSA) is 41.5 Å². The molecule has 3 nitrogen and oxygen atoms in total. The van der Waals surface area contributed by atoms with Crippen molar-refractivity contribution in [3.05, 3.63) is 11.5 Å². The quantitative estimate of drug-likeness (QED) is 0.741. The number of amidine groups is 1. The number of carbonyl (C=O) groups excluding carboxylic acids is 1. The van der Waals surface area contributed by atoms with Crippen LogP contribution in [0.25, 0.3) is 0 Å². The molecule has 2 aliphatic heterocycles. The summed E-state index contributed by atoms with van der Waals surface area (Å²) in [5.41, 5.74) is 0. The third-order valence-electron chi connectivity index (χ3n) is 2.10. The van der Waals surface area contributed by atoms with E-state index in [9.17, 15) is 4.79 Å². The van der Waals surface area contributed by atoms with Crippen molar-refractivity contribution < 1.29 is 4.79 Å². The second-order valence-corrected chi connectivity index (χ2v) is 5.43. The first-order valence-corrected chi connectivity index (χ1v) is 6.47. The Labute approximate surface area is 91.8 Å². The molecule has 0 aromatic heterocycles. The van der Waals surface area contributed by atoms with Crippen molar-refractivity contribution in [1.29, 1.82) is 0 Å². The summed E-state index contributed by atoms with van der Waals surface area (Å²) >= 11 is 3.49. The zero-order valence-electron chi connectivity index (χ0n) is 7.90. The van der Waals surface area contributed by atoms with Crippen LogP contribution in [0.1, 0.15) is 13.3 Å². The monoisotopic (exact) mass is 228 g/mol. The van der Waals surface area contributed by atoms with Gasteiger partial charge in [-0.15, -0.1) is 11.8 Å². The number of hydrogen-bond donors (Lipinski definition) is 1. The smallest absolute Gasteiger partial charge is 0.222 e. The lowest BCUT2D eigenvalue weighted by atomic mass is 10.2. The van der Waals surface area contributed by atoms with E-state index in [-0.39, 0.29) is 5.91 Å². The van der Waals surface area contributed by atoms with Gasteiger partial charge in [0.15, 0.2) is 5.17 Å². The van der Waals surface area contributed by atoms with E-state index in [0.717, 1.165) is 17.3 Å². The fourth-order valence-electron chi connectivity index (χ4n) is 1.45. The zero-order chi connectivity index (χ0) is 9.97. The number of aliphatic imine (C=N–C) groups is 1. The van der Waals surface area contributed by atoms with Crippen molar-refractivity contribution in [3.8, 4) is 0 Å². The van der Waals surface area contributed by atoms with E-state index in [1.54, 1.807) is 11.8 Å². The van der Waals surface area contributed by atoms with Gasteiger partial charge in [0.05, 0.1) is 6.04 Å². The summed E-state index contributed by atoms with van der Waals surface area (Å²) in [5.74, 6) is 0.962. The predicted molar refractivity (Wildman–Crippen MR) is 62.6 cm³/mol. The van der Waals surface area contributed by atoms with Crippen LogP contribution in [0, 0.1) is 0 Å². The average Bonchev–Trinajstić information content (AvgIpc) is 2.69. The molecule has 76 valence electrons. The molecule has 0 fully saturated rings. The van der Waals surface area contributed by atoms with E-state index in [4.69, 9.17) is 0 Å². The van der Waals surface area contributed by atoms with Gasteiger partial charge in [0.1, 0.15) is 0 Å². The van der Waals surface area contributed by atoms with Crippen LogP contribution < -0.4 is 5.32 Å². The minimum absolute atomic E-state index is 0.0332. The maximum absolute atomic E-state index is 10.8. The molecular weight excluding hydrogens is 216 g/mol. The molecule has 2 rings (SSSR count). The fourth-order valence-corrected chi connectivity index (χ4v) is 3.62. The highest BCUT2D eigenvalue weighted by Gasteiger charge is 2.28. The summed E-state index contributed by atoms with van der Waals surface area (Å²) in [5, 5.41) is 6.24. The second kappa shape index (κ2) is 4.40. The van der Waals surface area contributed by atoms with E-state index in [1.807, 2.05) is 11.8 Å².